The van der Waals surface area contributed by atoms with E-state index in [4.69, 9.17) is 21.1 Å². The van der Waals surface area contributed by atoms with Gasteiger partial charge in [-0.25, -0.2) is 17.5 Å². The van der Waals surface area contributed by atoms with Crippen molar-refractivity contribution in [1.29, 1.82) is 0 Å². The lowest BCUT2D eigenvalue weighted by Gasteiger charge is -2.17. The third-order valence-electron chi connectivity index (χ3n) is 4.18. The van der Waals surface area contributed by atoms with Crippen LogP contribution in [0, 0.1) is 0 Å². The quantitative estimate of drug-likeness (QED) is 0.678. The zero-order chi connectivity index (χ0) is 21.9. The van der Waals surface area contributed by atoms with Crippen LogP contribution in [0.25, 0.3) is 6.08 Å². The highest BCUT2D eigenvalue weighted by atomic mass is 35.5. The van der Waals surface area contributed by atoms with E-state index in [1.807, 2.05) is 0 Å². The third-order valence-corrected chi connectivity index (χ3v) is 6.22. The Morgan fingerprint density at radius 1 is 1.20 bits per heavy atom. The number of ether oxygens (including phenoxy) is 2. The van der Waals surface area contributed by atoms with E-state index < -0.39 is 28.5 Å². The van der Waals surface area contributed by atoms with Gasteiger partial charge in [-0.1, -0.05) is 17.7 Å². The standard InChI is InChI=1S/C20H19ClN2O6S/c1-23(2)30(26,27)17-5-3-4-16(10-17)22-19(24)12-29-20(25)14-8-13-9-15(21)6-7-18(13)28-11-14/h3-10H,11-12H2,1-2H3,(H,22,24). The summed E-state index contributed by atoms with van der Waals surface area (Å²) >= 11 is 5.95. The zero-order valence-electron chi connectivity index (χ0n) is 16.2. The molecule has 0 spiro atoms. The van der Waals surface area contributed by atoms with Crippen LogP contribution in [0.15, 0.2) is 52.9 Å². The number of hydrogen-bond acceptors (Lipinski definition) is 6. The fourth-order valence-electron chi connectivity index (χ4n) is 2.63. The Labute approximate surface area is 179 Å². The number of nitrogens with zero attached hydrogens (tertiary/aromatic N) is 1. The lowest BCUT2D eigenvalue weighted by Crippen LogP contribution is -2.24. The molecular formula is C20H19ClN2O6S. The van der Waals surface area contributed by atoms with Gasteiger partial charge in [-0.3, -0.25) is 4.79 Å². The summed E-state index contributed by atoms with van der Waals surface area (Å²) in [6.07, 6.45) is 1.60. The highest BCUT2D eigenvalue weighted by Gasteiger charge is 2.20. The fraction of sp³-hybridized carbons (Fsp3) is 0.200. The number of fused-ring (bicyclic) bond motifs is 1. The van der Waals surface area contributed by atoms with Gasteiger partial charge in [0.1, 0.15) is 12.4 Å². The van der Waals surface area contributed by atoms with E-state index in [0.717, 1.165) is 4.31 Å². The number of benzene rings is 2. The Morgan fingerprint density at radius 3 is 2.70 bits per heavy atom. The average Bonchev–Trinajstić information content (AvgIpc) is 2.71. The van der Waals surface area contributed by atoms with Crippen molar-refractivity contribution in [3.05, 3.63) is 58.6 Å². The molecule has 0 aromatic heterocycles. The number of carbonyl (C=O) groups excluding carboxylic acids is 2. The molecule has 2 aromatic carbocycles. The molecule has 8 nitrogen and oxygen atoms in total. The Hall–Kier alpha value is -2.88. The molecule has 10 heteroatoms. The predicted octanol–water partition coefficient (Wildman–Crippen LogP) is 2.55. The molecule has 0 saturated carbocycles. The molecule has 1 heterocycles. The van der Waals surface area contributed by atoms with Crippen molar-refractivity contribution < 1.29 is 27.5 Å². The smallest absolute Gasteiger partial charge is 0.338 e. The topological polar surface area (TPSA) is 102 Å². The van der Waals surface area contributed by atoms with Crippen LogP contribution in [-0.2, 0) is 24.3 Å². The van der Waals surface area contributed by atoms with Crippen LogP contribution in [-0.4, -0.2) is 51.9 Å². The molecular weight excluding hydrogens is 432 g/mol. The molecule has 158 valence electrons. The molecule has 0 aliphatic carbocycles. The predicted molar refractivity (Wildman–Crippen MR) is 112 cm³/mol. The minimum absolute atomic E-state index is 0.0134. The first-order valence-electron chi connectivity index (χ1n) is 8.79. The second-order valence-electron chi connectivity index (χ2n) is 6.58. The molecule has 2 aromatic rings. The number of amides is 1. The van der Waals surface area contributed by atoms with Gasteiger partial charge in [-0.05, 0) is 42.5 Å². The van der Waals surface area contributed by atoms with Gasteiger partial charge < -0.3 is 14.8 Å². The summed E-state index contributed by atoms with van der Waals surface area (Å²) in [5.74, 6) is -0.704. The maximum atomic E-state index is 12.2. The summed E-state index contributed by atoms with van der Waals surface area (Å²) in [6.45, 7) is -0.525. The number of anilines is 1. The van der Waals surface area contributed by atoms with E-state index >= 15 is 0 Å². The minimum Gasteiger partial charge on any atom is -0.488 e. The first kappa shape index (κ1) is 21.8. The van der Waals surface area contributed by atoms with Gasteiger partial charge in [0.05, 0.1) is 10.5 Å². The number of esters is 1. The lowest BCUT2D eigenvalue weighted by molar-refractivity contribution is -0.143. The number of sulfonamides is 1. The first-order valence-corrected chi connectivity index (χ1v) is 10.6. The highest BCUT2D eigenvalue weighted by Crippen LogP contribution is 2.29. The maximum Gasteiger partial charge on any atom is 0.338 e. The van der Waals surface area contributed by atoms with E-state index in [2.05, 4.69) is 5.32 Å². The van der Waals surface area contributed by atoms with Crippen molar-refractivity contribution in [2.24, 2.45) is 0 Å². The van der Waals surface area contributed by atoms with Crippen molar-refractivity contribution in [3.63, 3.8) is 0 Å². The highest BCUT2D eigenvalue weighted by molar-refractivity contribution is 7.89. The molecule has 0 atom stereocenters. The summed E-state index contributed by atoms with van der Waals surface area (Å²) in [5, 5.41) is 3.01. The normalized spacial score (nSPS) is 13.1. The maximum absolute atomic E-state index is 12.2. The van der Waals surface area contributed by atoms with Crippen LogP contribution >= 0.6 is 11.6 Å². The molecule has 1 aliphatic heterocycles. The summed E-state index contributed by atoms with van der Waals surface area (Å²) < 4.78 is 36.0. The van der Waals surface area contributed by atoms with Crippen LogP contribution in [0.5, 0.6) is 5.75 Å². The van der Waals surface area contributed by atoms with Crippen molar-refractivity contribution in [2.45, 2.75) is 4.90 Å². The fourth-order valence-corrected chi connectivity index (χ4v) is 3.76. The summed E-state index contributed by atoms with van der Waals surface area (Å²) in [7, 11) is -0.812. The molecule has 1 amide bonds. The zero-order valence-corrected chi connectivity index (χ0v) is 17.8. The molecule has 30 heavy (non-hydrogen) atoms. The SMILES string of the molecule is CN(C)S(=O)(=O)c1cccc(NC(=O)COC(=O)C2=Cc3cc(Cl)ccc3OC2)c1. The van der Waals surface area contributed by atoms with Gasteiger partial charge in [0.25, 0.3) is 5.91 Å². The lowest BCUT2D eigenvalue weighted by atomic mass is 10.1. The molecule has 1 N–H and O–H groups in total. The molecule has 3 rings (SSSR count). The van der Waals surface area contributed by atoms with Gasteiger partial charge in [-0.15, -0.1) is 0 Å². The van der Waals surface area contributed by atoms with Crippen LogP contribution in [0.2, 0.25) is 5.02 Å². The molecule has 0 radical (unpaired) electrons. The molecule has 0 fully saturated rings. The van der Waals surface area contributed by atoms with Crippen molar-refractivity contribution in [1.82, 2.24) is 4.31 Å². The molecule has 0 bridgehead atoms. The van der Waals surface area contributed by atoms with Crippen LogP contribution in [0.4, 0.5) is 5.69 Å². The van der Waals surface area contributed by atoms with Gasteiger partial charge >= 0.3 is 5.97 Å². The van der Waals surface area contributed by atoms with Crippen molar-refractivity contribution in [2.75, 3.05) is 32.6 Å². The first-order chi connectivity index (χ1) is 14.2. The molecule has 0 unspecified atom stereocenters. The van der Waals surface area contributed by atoms with E-state index in [0.29, 0.717) is 16.3 Å². The Balaban J connectivity index is 1.61. The Bertz CT molecular complexity index is 1130. The average molecular weight is 451 g/mol. The Kier molecular flexibility index (Phi) is 6.45. The van der Waals surface area contributed by atoms with E-state index in [1.54, 1.807) is 24.3 Å². The van der Waals surface area contributed by atoms with Gasteiger partial charge in [0, 0.05) is 30.4 Å². The number of nitrogens with one attached hydrogen (secondary N) is 1. The number of hydrogen-bond donors (Lipinski definition) is 1. The van der Waals surface area contributed by atoms with Gasteiger partial charge in [0.15, 0.2) is 6.61 Å². The second kappa shape index (κ2) is 8.86. The van der Waals surface area contributed by atoms with Gasteiger partial charge in [0.2, 0.25) is 10.0 Å². The summed E-state index contributed by atoms with van der Waals surface area (Å²) in [6, 6.07) is 10.8. The molecule has 0 saturated heterocycles. The number of halogens is 1. The second-order valence-corrected chi connectivity index (χ2v) is 9.17. The number of rotatable bonds is 6. The number of carbonyl (C=O) groups is 2. The Morgan fingerprint density at radius 2 is 1.97 bits per heavy atom. The van der Waals surface area contributed by atoms with Crippen LogP contribution < -0.4 is 10.1 Å². The van der Waals surface area contributed by atoms with E-state index in [-0.39, 0.29) is 22.8 Å². The van der Waals surface area contributed by atoms with Crippen LogP contribution in [0.1, 0.15) is 5.56 Å². The monoisotopic (exact) mass is 450 g/mol. The largest absolute Gasteiger partial charge is 0.488 e. The minimum atomic E-state index is -3.64. The van der Waals surface area contributed by atoms with Gasteiger partial charge in [-0.2, -0.15) is 0 Å². The van der Waals surface area contributed by atoms with E-state index in [9.17, 15) is 18.0 Å². The van der Waals surface area contributed by atoms with Crippen molar-refractivity contribution >= 4 is 45.3 Å². The summed E-state index contributed by atoms with van der Waals surface area (Å²) in [5.41, 5.74) is 1.16. The molecule has 1 aliphatic rings. The third kappa shape index (κ3) is 4.99. The van der Waals surface area contributed by atoms with E-state index in [1.165, 1.54) is 38.4 Å². The van der Waals surface area contributed by atoms with Crippen molar-refractivity contribution in [3.8, 4) is 5.75 Å². The van der Waals surface area contributed by atoms with Crippen LogP contribution in [0.3, 0.4) is 0 Å². The summed E-state index contributed by atoms with van der Waals surface area (Å²) in [4.78, 5) is 24.4.